The number of imide groups is 2. The lowest BCUT2D eigenvalue weighted by Crippen LogP contribution is -2.60. The summed E-state index contributed by atoms with van der Waals surface area (Å²) in [6.07, 6.45) is 0.445. The molecule has 2 saturated heterocycles. The average Bonchev–Trinajstić information content (AvgIpc) is 3.41. The minimum atomic E-state index is -2.71. The zero-order valence-electron chi connectivity index (χ0n) is 25.4. The van der Waals surface area contributed by atoms with Crippen molar-refractivity contribution in [2.45, 2.75) is 41.3 Å². The zero-order chi connectivity index (χ0) is 36.2. The van der Waals surface area contributed by atoms with Gasteiger partial charge >= 0.3 is 5.97 Å². The van der Waals surface area contributed by atoms with E-state index in [0.29, 0.717) is 5.39 Å². The second-order valence-corrected chi connectivity index (χ2v) is 14.0. The third kappa shape index (κ3) is 4.33. The first kappa shape index (κ1) is 33.9. The molecule has 0 unspecified atom stereocenters. The molecule has 2 aliphatic heterocycles. The summed E-state index contributed by atoms with van der Waals surface area (Å²) in [6.45, 7) is -0.220. The molecule has 0 aromatic heterocycles. The van der Waals surface area contributed by atoms with Crippen LogP contribution in [0.1, 0.15) is 37.2 Å². The average molecular weight is 737 g/mol. The van der Waals surface area contributed by atoms with Crippen LogP contribution in [-0.2, 0) is 24.0 Å². The van der Waals surface area contributed by atoms with Gasteiger partial charge in [-0.25, -0.2) is 26.9 Å². The summed E-state index contributed by atoms with van der Waals surface area (Å²) in [4.78, 5) is 62.6. The number of aromatic hydroxyl groups is 1. The van der Waals surface area contributed by atoms with Crippen LogP contribution in [-0.4, -0.2) is 61.0 Å². The SMILES string of the molecule is O=C(O)CCCN1C(=O)[C@H]2[C@H](CC=C3[C@H]2C[C@@]2(Cl)C(=O)N(c4c(F)c(F)c(F)c(F)c4F)C(=O)[C@@]2(Cl)[C@H]3c2ccc(O)c3ccccc23)C1=O. The number of amides is 4. The van der Waals surface area contributed by atoms with E-state index < -0.39 is 104 Å². The van der Waals surface area contributed by atoms with E-state index in [-0.39, 0.29) is 53.0 Å². The molecule has 3 aromatic rings. The molecule has 9 nitrogen and oxygen atoms in total. The topological polar surface area (TPSA) is 132 Å². The van der Waals surface area contributed by atoms with Gasteiger partial charge in [0.1, 0.15) is 11.4 Å². The number of carbonyl (C=O) groups is 5. The van der Waals surface area contributed by atoms with Crippen LogP contribution in [0, 0.1) is 46.8 Å². The number of phenols is 1. The van der Waals surface area contributed by atoms with Crippen LogP contribution in [0.3, 0.4) is 0 Å². The molecule has 16 heteroatoms. The van der Waals surface area contributed by atoms with Crippen molar-refractivity contribution in [3.8, 4) is 5.75 Å². The number of allylic oxidation sites excluding steroid dienone is 2. The van der Waals surface area contributed by atoms with Crippen molar-refractivity contribution >= 4 is 69.3 Å². The highest BCUT2D eigenvalue weighted by molar-refractivity contribution is 6.58. The molecule has 3 fully saturated rings. The van der Waals surface area contributed by atoms with E-state index in [1.54, 1.807) is 24.3 Å². The van der Waals surface area contributed by atoms with Crippen molar-refractivity contribution < 1.29 is 56.1 Å². The summed E-state index contributed by atoms with van der Waals surface area (Å²) < 4.78 is 73.4. The van der Waals surface area contributed by atoms with Crippen molar-refractivity contribution in [1.82, 2.24) is 4.90 Å². The molecule has 2 heterocycles. The molecule has 2 N–H and O–H groups in total. The number of hydrogen-bond donors (Lipinski definition) is 2. The fourth-order valence-electron chi connectivity index (χ4n) is 8.14. The van der Waals surface area contributed by atoms with Gasteiger partial charge in [-0.15, -0.1) is 23.2 Å². The Morgan fingerprint density at radius 3 is 2.10 bits per heavy atom. The largest absolute Gasteiger partial charge is 0.507 e. The van der Waals surface area contributed by atoms with E-state index in [9.17, 15) is 42.3 Å². The Bertz CT molecular complexity index is 2100. The molecule has 0 bridgehead atoms. The second kappa shape index (κ2) is 11.5. The van der Waals surface area contributed by atoms with Crippen molar-refractivity contribution in [2.24, 2.45) is 17.8 Å². The van der Waals surface area contributed by atoms with Crippen molar-refractivity contribution in [3.05, 3.63) is 82.7 Å². The first-order chi connectivity index (χ1) is 23.6. The standard InChI is InChI=1S/C34H23Cl2F5N2O7/c35-33-12-18-16(7-8-17-21(18)30(48)42(29(17)47)11-3-6-20(45)46)22(15-9-10-19(44)14-5-2-1-4-13(14)15)34(33,36)32(50)43(31(33)49)28-26(40)24(38)23(37)25(39)27(28)41/h1-2,4-5,7,9-10,17-18,21-22,44H,3,6,8,11-12H2,(H,45,46)/t17-,18+,21-,22-,33+,34-/m0/s1. The maximum absolute atomic E-state index is 15.2. The number of carboxylic acid groups (broad SMARTS) is 1. The monoisotopic (exact) mass is 736 g/mol. The predicted molar refractivity (Wildman–Crippen MR) is 166 cm³/mol. The van der Waals surface area contributed by atoms with E-state index in [2.05, 4.69) is 0 Å². The lowest BCUT2D eigenvalue weighted by Gasteiger charge is -2.51. The number of aliphatic carboxylic acids is 1. The summed E-state index contributed by atoms with van der Waals surface area (Å²) in [5.74, 6) is -23.0. The predicted octanol–water partition coefficient (Wildman–Crippen LogP) is 5.67. The highest BCUT2D eigenvalue weighted by Gasteiger charge is 2.77. The second-order valence-electron chi connectivity index (χ2n) is 12.7. The molecule has 4 amide bonds. The van der Waals surface area contributed by atoms with Crippen LogP contribution in [0.5, 0.6) is 5.75 Å². The normalized spacial score (nSPS) is 29.0. The van der Waals surface area contributed by atoms with Gasteiger partial charge in [-0.2, -0.15) is 0 Å². The molecule has 6 atom stereocenters. The molecule has 0 radical (unpaired) electrons. The summed E-state index contributed by atoms with van der Waals surface area (Å²) in [6, 6.07) is 8.90. The number of rotatable bonds is 6. The minimum absolute atomic E-state index is 0.0482. The summed E-state index contributed by atoms with van der Waals surface area (Å²) >= 11 is 14.3. The van der Waals surface area contributed by atoms with Gasteiger partial charge in [-0.05, 0) is 42.2 Å². The molecule has 2 aliphatic carbocycles. The molecule has 3 aromatic carbocycles. The summed E-state index contributed by atoms with van der Waals surface area (Å²) in [5.41, 5.74) is -1.46. The van der Waals surface area contributed by atoms with E-state index >= 15 is 8.78 Å². The molecule has 260 valence electrons. The van der Waals surface area contributed by atoms with Crippen molar-refractivity contribution in [2.75, 3.05) is 11.4 Å². The van der Waals surface area contributed by atoms with Gasteiger partial charge in [0.2, 0.25) is 17.6 Å². The van der Waals surface area contributed by atoms with Gasteiger partial charge in [-0.3, -0.25) is 28.9 Å². The van der Waals surface area contributed by atoms with Crippen LogP contribution < -0.4 is 4.90 Å². The molecule has 50 heavy (non-hydrogen) atoms. The lowest BCUT2D eigenvalue weighted by atomic mass is 9.56. The summed E-state index contributed by atoms with van der Waals surface area (Å²) in [5, 5.41) is 20.3. The van der Waals surface area contributed by atoms with Crippen molar-refractivity contribution in [1.29, 1.82) is 0 Å². The van der Waals surface area contributed by atoms with Crippen LogP contribution in [0.25, 0.3) is 10.8 Å². The van der Waals surface area contributed by atoms with E-state index in [0.717, 1.165) is 4.90 Å². The highest BCUT2D eigenvalue weighted by Crippen LogP contribution is 2.66. The molecule has 7 rings (SSSR count). The highest BCUT2D eigenvalue weighted by atomic mass is 35.5. The lowest BCUT2D eigenvalue weighted by molar-refractivity contribution is -0.142. The molecule has 1 saturated carbocycles. The third-order valence-electron chi connectivity index (χ3n) is 10.3. The van der Waals surface area contributed by atoms with E-state index in [1.807, 2.05) is 0 Å². The Morgan fingerprint density at radius 2 is 1.46 bits per heavy atom. The van der Waals surface area contributed by atoms with Crippen LogP contribution in [0.15, 0.2) is 48.0 Å². The third-order valence-corrected chi connectivity index (χ3v) is 11.7. The fraction of sp³-hybridized carbons (Fsp3) is 0.324. The van der Waals surface area contributed by atoms with Crippen LogP contribution >= 0.6 is 23.2 Å². The zero-order valence-corrected chi connectivity index (χ0v) is 26.9. The number of likely N-dealkylation sites (tertiary alicyclic amines) is 1. The number of benzene rings is 3. The van der Waals surface area contributed by atoms with Crippen LogP contribution in [0.2, 0.25) is 0 Å². The first-order valence-corrected chi connectivity index (χ1v) is 16.1. The Hall–Kier alpha value is -4.56. The van der Waals surface area contributed by atoms with Crippen LogP contribution in [0.4, 0.5) is 27.6 Å². The molecular weight excluding hydrogens is 714 g/mol. The van der Waals surface area contributed by atoms with E-state index in [1.165, 1.54) is 18.2 Å². The quantitative estimate of drug-likeness (QED) is 0.0833. The summed E-state index contributed by atoms with van der Waals surface area (Å²) in [7, 11) is 0. The molecule has 4 aliphatic rings. The van der Waals surface area contributed by atoms with Gasteiger partial charge in [0.25, 0.3) is 11.8 Å². The number of fused-ring (bicyclic) bond motifs is 5. The van der Waals surface area contributed by atoms with Crippen molar-refractivity contribution in [3.63, 3.8) is 0 Å². The Balaban J connectivity index is 1.45. The Morgan fingerprint density at radius 1 is 0.840 bits per heavy atom. The van der Waals surface area contributed by atoms with Gasteiger partial charge in [0.05, 0.1) is 11.8 Å². The van der Waals surface area contributed by atoms with Gasteiger partial charge in [0, 0.05) is 24.3 Å². The Labute approximate surface area is 288 Å². The number of carboxylic acids is 1. The maximum atomic E-state index is 15.2. The number of anilines is 1. The number of alkyl halides is 2. The maximum Gasteiger partial charge on any atom is 0.303 e. The fourth-order valence-corrected chi connectivity index (χ4v) is 9.07. The molecule has 0 spiro atoms. The number of carbonyl (C=O) groups excluding carboxylic acids is 4. The number of halogens is 7. The van der Waals surface area contributed by atoms with Gasteiger partial charge in [-0.1, -0.05) is 42.0 Å². The van der Waals surface area contributed by atoms with Gasteiger partial charge < -0.3 is 10.2 Å². The first-order valence-electron chi connectivity index (χ1n) is 15.3. The number of nitrogens with zero attached hydrogens (tertiary/aromatic N) is 2. The van der Waals surface area contributed by atoms with E-state index in [4.69, 9.17) is 28.3 Å². The minimum Gasteiger partial charge on any atom is -0.507 e. The number of phenolic OH excluding ortho intramolecular Hbond substituents is 1. The molecular formula is C34H23Cl2F5N2O7. The number of hydrogen-bond acceptors (Lipinski definition) is 6. The smallest absolute Gasteiger partial charge is 0.303 e. The Kier molecular flexibility index (Phi) is 7.79. The van der Waals surface area contributed by atoms with Gasteiger partial charge in [0.15, 0.2) is 33.0 Å².